The van der Waals surface area contributed by atoms with E-state index in [0.717, 1.165) is 34.6 Å². The molecule has 0 saturated heterocycles. The van der Waals surface area contributed by atoms with E-state index in [9.17, 15) is 8.42 Å². The van der Waals surface area contributed by atoms with Crippen LogP contribution in [0.25, 0.3) is 27.9 Å². The number of aromatic nitrogens is 1. The number of fused-ring (bicyclic) bond motifs is 3. The number of aryl methyl sites for hydroxylation is 1. The van der Waals surface area contributed by atoms with Crippen LogP contribution in [0, 0.1) is 11.3 Å². The molecule has 0 radical (unpaired) electrons. The molecule has 23 heavy (non-hydrogen) atoms. The molecule has 4 nitrogen and oxygen atoms in total. The van der Waals surface area contributed by atoms with Gasteiger partial charge in [-0.3, -0.25) is 0 Å². The molecule has 116 valence electrons. The van der Waals surface area contributed by atoms with Crippen LogP contribution in [0.2, 0.25) is 0 Å². The van der Waals surface area contributed by atoms with Gasteiger partial charge < -0.3 is 4.57 Å². The number of nitrogens with zero attached hydrogens (tertiary/aromatic N) is 2. The third kappa shape index (κ3) is 2.62. The maximum Gasteiger partial charge on any atom is 0.185 e. The molecule has 2 aromatic carbocycles. The number of allylic oxidation sites excluding steroid dienone is 1. The predicted molar refractivity (Wildman–Crippen MR) is 93.6 cm³/mol. The minimum absolute atomic E-state index is 0.226. The topological polar surface area (TPSA) is 62.9 Å². The number of para-hydroxylation sites is 1. The van der Waals surface area contributed by atoms with E-state index in [4.69, 9.17) is 5.26 Å². The molecule has 3 rings (SSSR count). The minimum Gasteiger partial charge on any atom is -0.341 e. The smallest absolute Gasteiger partial charge is 0.185 e. The van der Waals surface area contributed by atoms with Crippen LogP contribution >= 0.6 is 0 Å². The van der Waals surface area contributed by atoms with Gasteiger partial charge in [-0.05, 0) is 36.8 Å². The Morgan fingerprint density at radius 1 is 1.17 bits per heavy atom. The van der Waals surface area contributed by atoms with Crippen molar-refractivity contribution < 1.29 is 8.42 Å². The van der Waals surface area contributed by atoms with Crippen LogP contribution in [0.1, 0.15) is 12.5 Å². The summed E-state index contributed by atoms with van der Waals surface area (Å²) in [5, 5.41) is 11.2. The van der Waals surface area contributed by atoms with Crippen LogP contribution in [0.4, 0.5) is 0 Å². The SMILES string of the molecule is CCn1c2ccccc2c2cc(/C=C(\C#N)S(C)(=O)=O)ccc21. The molecule has 0 N–H and O–H groups in total. The Labute approximate surface area is 135 Å². The van der Waals surface area contributed by atoms with Crippen molar-refractivity contribution in [3.8, 4) is 6.07 Å². The van der Waals surface area contributed by atoms with Gasteiger partial charge in [0.2, 0.25) is 0 Å². The Hall–Kier alpha value is -2.58. The molecule has 0 saturated carbocycles. The van der Waals surface area contributed by atoms with Crippen LogP contribution in [0.15, 0.2) is 47.4 Å². The van der Waals surface area contributed by atoms with Crippen molar-refractivity contribution in [2.24, 2.45) is 0 Å². The maximum absolute atomic E-state index is 11.6. The Bertz CT molecular complexity index is 1080. The monoisotopic (exact) mass is 324 g/mol. The Morgan fingerprint density at radius 2 is 1.87 bits per heavy atom. The summed E-state index contributed by atoms with van der Waals surface area (Å²) in [5.74, 6) is 0. The molecule has 1 aromatic heterocycles. The molecule has 5 heteroatoms. The molecular formula is C18H16N2O2S. The van der Waals surface area contributed by atoms with Crippen LogP contribution in [-0.2, 0) is 16.4 Å². The van der Waals surface area contributed by atoms with Crippen LogP contribution in [-0.4, -0.2) is 19.2 Å². The zero-order valence-electron chi connectivity index (χ0n) is 12.9. The van der Waals surface area contributed by atoms with Gasteiger partial charge in [-0.2, -0.15) is 5.26 Å². The van der Waals surface area contributed by atoms with Gasteiger partial charge in [0.15, 0.2) is 9.84 Å². The Morgan fingerprint density at radius 3 is 2.52 bits per heavy atom. The first-order chi connectivity index (χ1) is 11.0. The predicted octanol–water partition coefficient (Wildman–Crippen LogP) is 3.72. The highest BCUT2D eigenvalue weighted by Crippen LogP contribution is 2.30. The molecule has 0 bridgehead atoms. The normalized spacial score (nSPS) is 12.7. The number of benzene rings is 2. The van der Waals surface area contributed by atoms with E-state index in [1.165, 1.54) is 6.08 Å². The Balaban J connectivity index is 2.30. The highest BCUT2D eigenvalue weighted by molar-refractivity contribution is 7.95. The quantitative estimate of drug-likeness (QED) is 0.690. The average Bonchev–Trinajstić information content (AvgIpc) is 2.84. The van der Waals surface area contributed by atoms with Gasteiger partial charge in [0.1, 0.15) is 11.0 Å². The molecule has 0 atom stereocenters. The second-order valence-corrected chi connectivity index (χ2v) is 7.41. The van der Waals surface area contributed by atoms with Gasteiger partial charge in [0, 0.05) is 34.6 Å². The van der Waals surface area contributed by atoms with Crippen molar-refractivity contribution in [1.29, 1.82) is 5.26 Å². The first-order valence-corrected chi connectivity index (χ1v) is 9.17. The van der Waals surface area contributed by atoms with E-state index in [0.29, 0.717) is 5.56 Å². The highest BCUT2D eigenvalue weighted by Gasteiger charge is 2.12. The van der Waals surface area contributed by atoms with Crippen LogP contribution < -0.4 is 0 Å². The van der Waals surface area contributed by atoms with Gasteiger partial charge in [-0.25, -0.2) is 8.42 Å². The van der Waals surface area contributed by atoms with Crippen LogP contribution in [0.5, 0.6) is 0 Å². The average molecular weight is 324 g/mol. The number of rotatable bonds is 3. The van der Waals surface area contributed by atoms with Crippen molar-refractivity contribution in [1.82, 2.24) is 4.57 Å². The summed E-state index contributed by atoms with van der Waals surface area (Å²) in [7, 11) is -3.51. The zero-order valence-corrected chi connectivity index (χ0v) is 13.8. The first kappa shape index (κ1) is 15.3. The fourth-order valence-electron chi connectivity index (χ4n) is 2.88. The maximum atomic E-state index is 11.6. The molecule has 0 unspecified atom stereocenters. The summed E-state index contributed by atoms with van der Waals surface area (Å²) < 4.78 is 25.4. The Kier molecular flexibility index (Phi) is 3.70. The van der Waals surface area contributed by atoms with Crippen molar-refractivity contribution in [2.45, 2.75) is 13.5 Å². The van der Waals surface area contributed by atoms with Crippen LogP contribution in [0.3, 0.4) is 0 Å². The molecule has 0 aliphatic rings. The summed E-state index contributed by atoms with van der Waals surface area (Å²) >= 11 is 0. The van der Waals surface area contributed by atoms with Crippen molar-refractivity contribution >= 4 is 37.7 Å². The highest BCUT2D eigenvalue weighted by atomic mass is 32.2. The number of hydrogen-bond acceptors (Lipinski definition) is 3. The number of nitriles is 1. The second-order valence-electron chi connectivity index (χ2n) is 5.43. The summed E-state index contributed by atoms with van der Waals surface area (Å²) in [5.41, 5.74) is 2.96. The molecule has 3 aromatic rings. The fraction of sp³-hybridized carbons (Fsp3) is 0.167. The van der Waals surface area contributed by atoms with Gasteiger partial charge >= 0.3 is 0 Å². The molecule has 0 amide bonds. The standard InChI is InChI=1S/C18H16N2O2S/c1-3-20-17-7-5-4-6-15(17)16-11-13(8-9-18(16)20)10-14(12-19)23(2,21)22/h4-11H,3H2,1-2H3/b14-10+. The lowest BCUT2D eigenvalue weighted by molar-refractivity contribution is 0.609. The van der Waals surface area contributed by atoms with E-state index in [2.05, 4.69) is 23.6 Å². The lowest BCUT2D eigenvalue weighted by atomic mass is 10.1. The summed E-state index contributed by atoms with van der Waals surface area (Å²) in [4.78, 5) is -0.226. The minimum atomic E-state index is -3.51. The summed E-state index contributed by atoms with van der Waals surface area (Å²) in [6.45, 7) is 2.95. The summed E-state index contributed by atoms with van der Waals surface area (Å²) in [6.07, 6.45) is 2.47. The molecule has 0 fully saturated rings. The third-order valence-corrected chi connectivity index (χ3v) is 4.93. The summed E-state index contributed by atoms with van der Waals surface area (Å²) in [6, 6.07) is 15.6. The van der Waals surface area contributed by atoms with Crippen molar-refractivity contribution in [3.05, 3.63) is 52.9 Å². The van der Waals surface area contributed by atoms with E-state index >= 15 is 0 Å². The largest absolute Gasteiger partial charge is 0.341 e. The molecular weight excluding hydrogens is 308 g/mol. The van der Waals surface area contributed by atoms with E-state index < -0.39 is 9.84 Å². The number of sulfone groups is 1. The van der Waals surface area contributed by atoms with Crippen molar-refractivity contribution in [2.75, 3.05) is 6.26 Å². The number of hydrogen-bond donors (Lipinski definition) is 0. The van der Waals surface area contributed by atoms with Gasteiger partial charge in [-0.15, -0.1) is 0 Å². The van der Waals surface area contributed by atoms with E-state index in [-0.39, 0.29) is 4.91 Å². The lowest BCUT2D eigenvalue weighted by Gasteiger charge is -2.03. The first-order valence-electron chi connectivity index (χ1n) is 7.28. The van der Waals surface area contributed by atoms with E-state index in [1.54, 1.807) is 6.07 Å². The second kappa shape index (κ2) is 5.56. The molecule has 1 heterocycles. The fourth-order valence-corrected chi connectivity index (χ4v) is 3.39. The molecule has 0 aliphatic heterocycles. The molecule has 0 aliphatic carbocycles. The van der Waals surface area contributed by atoms with Gasteiger partial charge in [0.05, 0.1) is 0 Å². The van der Waals surface area contributed by atoms with Gasteiger partial charge in [0.25, 0.3) is 0 Å². The lowest BCUT2D eigenvalue weighted by Crippen LogP contribution is -1.98. The van der Waals surface area contributed by atoms with Crippen molar-refractivity contribution in [3.63, 3.8) is 0 Å². The van der Waals surface area contributed by atoms with E-state index in [1.807, 2.05) is 30.3 Å². The zero-order chi connectivity index (χ0) is 16.6. The van der Waals surface area contributed by atoms with Gasteiger partial charge in [-0.1, -0.05) is 24.3 Å². The third-order valence-electron chi connectivity index (χ3n) is 3.92. The molecule has 0 spiro atoms.